The summed E-state index contributed by atoms with van der Waals surface area (Å²) in [5.41, 5.74) is 8.19. The third-order valence-electron chi connectivity index (χ3n) is 3.23. The largest absolute Gasteiger partial charge is 0.322 e. The molecule has 0 saturated heterocycles. The summed E-state index contributed by atoms with van der Waals surface area (Å²) in [6, 6.07) is 12.1. The minimum absolute atomic E-state index is 0.0185. The van der Waals surface area contributed by atoms with Crippen LogP contribution in [0.3, 0.4) is 0 Å². The van der Waals surface area contributed by atoms with Crippen molar-refractivity contribution in [3.8, 4) is 5.69 Å². The van der Waals surface area contributed by atoms with E-state index in [1.165, 1.54) is 0 Å². The average molecular weight is 229 g/mol. The van der Waals surface area contributed by atoms with Crippen LogP contribution in [0, 0.1) is 5.92 Å². The van der Waals surface area contributed by atoms with Gasteiger partial charge in [0, 0.05) is 6.20 Å². The summed E-state index contributed by atoms with van der Waals surface area (Å²) >= 11 is 0. The Morgan fingerprint density at radius 2 is 1.94 bits per heavy atom. The van der Waals surface area contributed by atoms with E-state index in [4.69, 9.17) is 5.73 Å². The van der Waals surface area contributed by atoms with E-state index >= 15 is 0 Å². The highest BCUT2D eigenvalue weighted by atomic mass is 15.3. The fraction of sp³-hybridized carbons (Fsp3) is 0.357. The quantitative estimate of drug-likeness (QED) is 0.876. The maximum absolute atomic E-state index is 6.16. The molecule has 3 nitrogen and oxygen atoms in total. The molecule has 17 heavy (non-hydrogen) atoms. The second-order valence-electron chi connectivity index (χ2n) is 4.43. The van der Waals surface area contributed by atoms with Gasteiger partial charge < -0.3 is 5.73 Å². The average Bonchev–Trinajstić information content (AvgIpc) is 2.87. The fourth-order valence-corrected chi connectivity index (χ4v) is 1.79. The number of benzene rings is 1. The van der Waals surface area contributed by atoms with Crippen molar-refractivity contribution in [2.24, 2.45) is 11.7 Å². The molecule has 3 heteroatoms. The van der Waals surface area contributed by atoms with Gasteiger partial charge in [-0.05, 0) is 24.1 Å². The van der Waals surface area contributed by atoms with Gasteiger partial charge >= 0.3 is 0 Å². The lowest BCUT2D eigenvalue weighted by atomic mass is 9.98. The van der Waals surface area contributed by atoms with Crippen molar-refractivity contribution in [3.63, 3.8) is 0 Å². The van der Waals surface area contributed by atoms with Gasteiger partial charge in [0.15, 0.2) is 0 Å². The molecule has 2 N–H and O–H groups in total. The summed E-state index contributed by atoms with van der Waals surface area (Å²) in [6.45, 7) is 4.31. The van der Waals surface area contributed by atoms with Crippen LogP contribution in [0.2, 0.25) is 0 Å². The number of aromatic nitrogens is 2. The maximum Gasteiger partial charge on any atom is 0.0798 e. The Morgan fingerprint density at radius 3 is 2.59 bits per heavy atom. The zero-order valence-corrected chi connectivity index (χ0v) is 10.4. The molecule has 2 atom stereocenters. The van der Waals surface area contributed by atoms with E-state index < -0.39 is 0 Å². The van der Waals surface area contributed by atoms with E-state index in [-0.39, 0.29) is 6.04 Å². The van der Waals surface area contributed by atoms with Crippen LogP contribution in [0.1, 0.15) is 32.0 Å². The van der Waals surface area contributed by atoms with Gasteiger partial charge in [0.2, 0.25) is 0 Å². The van der Waals surface area contributed by atoms with Crippen molar-refractivity contribution in [3.05, 3.63) is 48.3 Å². The monoisotopic (exact) mass is 229 g/mol. The van der Waals surface area contributed by atoms with Gasteiger partial charge in [-0.2, -0.15) is 5.10 Å². The van der Waals surface area contributed by atoms with E-state index in [2.05, 4.69) is 18.9 Å². The highest BCUT2D eigenvalue weighted by Gasteiger charge is 2.15. The first-order valence-electron chi connectivity index (χ1n) is 6.09. The van der Waals surface area contributed by atoms with Crippen LogP contribution in [0.25, 0.3) is 5.69 Å². The molecule has 1 aromatic heterocycles. The molecule has 1 aromatic carbocycles. The predicted molar refractivity (Wildman–Crippen MR) is 69.9 cm³/mol. The lowest BCUT2D eigenvalue weighted by Gasteiger charge is -2.15. The van der Waals surface area contributed by atoms with Crippen molar-refractivity contribution < 1.29 is 0 Å². The summed E-state index contributed by atoms with van der Waals surface area (Å²) in [4.78, 5) is 0. The third kappa shape index (κ3) is 2.56. The fourth-order valence-electron chi connectivity index (χ4n) is 1.79. The van der Waals surface area contributed by atoms with Crippen LogP contribution >= 0.6 is 0 Å². The van der Waals surface area contributed by atoms with Crippen LogP contribution in [0.4, 0.5) is 0 Å². The van der Waals surface area contributed by atoms with E-state index in [1.54, 1.807) is 0 Å². The summed E-state index contributed by atoms with van der Waals surface area (Å²) in [5.74, 6) is 0.453. The zero-order chi connectivity index (χ0) is 12.3. The van der Waals surface area contributed by atoms with E-state index in [0.29, 0.717) is 5.92 Å². The van der Waals surface area contributed by atoms with Crippen molar-refractivity contribution >= 4 is 0 Å². The third-order valence-corrected chi connectivity index (χ3v) is 3.23. The minimum atomic E-state index is 0.0185. The molecule has 2 rings (SSSR count). The molecule has 0 aliphatic rings. The first-order chi connectivity index (χ1) is 8.22. The molecule has 0 amide bonds. The molecule has 0 aliphatic heterocycles. The van der Waals surface area contributed by atoms with Gasteiger partial charge in [-0.15, -0.1) is 0 Å². The highest BCUT2D eigenvalue weighted by Crippen LogP contribution is 2.20. The molecule has 0 spiro atoms. The molecule has 2 unspecified atom stereocenters. The number of nitrogens with zero attached hydrogens (tertiary/aromatic N) is 2. The van der Waals surface area contributed by atoms with Crippen LogP contribution in [-0.4, -0.2) is 9.78 Å². The normalized spacial score (nSPS) is 14.5. The first kappa shape index (κ1) is 11.9. The number of rotatable bonds is 4. The molecular weight excluding hydrogens is 210 g/mol. The summed E-state index contributed by atoms with van der Waals surface area (Å²) in [7, 11) is 0. The standard InChI is InChI=1S/C14H19N3/c1-3-11(2)14(15)13-9-10-17(16-13)12-7-5-4-6-8-12/h4-11,14H,3,15H2,1-2H3. The number of hydrogen-bond acceptors (Lipinski definition) is 2. The second kappa shape index (κ2) is 5.15. The Labute approximate surface area is 102 Å². The summed E-state index contributed by atoms with van der Waals surface area (Å²) in [6.07, 6.45) is 3.03. The molecule has 2 aromatic rings. The van der Waals surface area contributed by atoms with Gasteiger partial charge in [0.25, 0.3) is 0 Å². The molecular formula is C14H19N3. The van der Waals surface area contributed by atoms with Crippen molar-refractivity contribution in [2.75, 3.05) is 0 Å². The Bertz CT molecular complexity index is 461. The molecule has 90 valence electrons. The van der Waals surface area contributed by atoms with Gasteiger partial charge in [0.05, 0.1) is 17.4 Å². The van der Waals surface area contributed by atoms with Crippen molar-refractivity contribution in [1.82, 2.24) is 9.78 Å². The number of para-hydroxylation sites is 1. The van der Waals surface area contributed by atoms with E-state index in [1.807, 2.05) is 47.3 Å². The molecule has 1 heterocycles. The topological polar surface area (TPSA) is 43.8 Å². The maximum atomic E-state index is 6.16. The van der Waals surface area contributed by atoms with E-state index in [9.17, 15) is 0 Å². The molecule has 0 bridgehead atoms. The molecule has 0 radical (unpaired) electrons. The van der Waals surface area contributed by atoms with Crippen LogP contribution < -0.4 is 5.73 Å². The van der Waals surface area contributed by atoms with Crippen LogP contribution in [-0.2, 0) is 0 Å². The smallest absolute Gasteiger partial charge is 0.0798 e. The Morgan fingerprint density at radius 1 is 1.24 bits per heavy atom. The Kier molecular flexibility index (Phi) is 3.59. The first-order valence-corrected chi connectivity index (χ1v) is 6.09. The van der Waals surface area contributed by atoms with Crippen LogP contribution in [0.5, 0.6) is 0 Å². The summed E-state index contributed by atoms with van der Waals surface area (Å²) < 4.78 is 1.87. The predicted octanol–water partition coefficient (Wildman–Crippen LogP) is 2.92. The van der Waals surface area contributed by atoms with Gasteiger partial charge in [-0.3, -0.25) is 0 Å². The Hall–Kier alpha value is -1.61. The van der Waals surface area contributed by atoms with Gasteiger partial charge in [-0.1, -0.05) is 38.5 Å². The van der Waals surface area contributed by atoms with Crippen molar-refractivity contribution in [2.45, 2.75) is 26.3 Å². The lowest BCUT2D eigenvalue weighted by molar-refractivity contribution is 0.446. The van der Waals surface area contributed by atoms with Crippen molar-refractivity contribution in [1.29, 1.82) is 0 Å². The molecule has 0 aliphatic carbocycles. The zero-order valence-electron chi connectivity index (χ0n) is 10.4. The molecule has 0 saturated carbocycles. The lowest BCUT2D eigenvalue weighted by Crippen LogP contribution is -2.19. The van der Waals surface area contributed by atoms with E-state index in [0.717, 1.165) is 17.8 Å². The Balaban J connectivity index is 2.22. The number of hydrogen-bond donors (Lipinski definition) is 1. The van der Waals surface area contributed by atoms with Gasteiger partial charge in [-0.25, -0.2) is 4.68 Å². The molecule has 0 fully saturated rings. The van der Waals surface area contributed by atoms with Crippen LogP contribution in [0.15, 0.2) is 42.6 Å². The SMILES string of the molecule is CCC(C)C(N)c1ccn(-c2ccccc2)n1. The second-order valence-corrected chi connectivity index (χ2v) is 4.43. The minimum Gasteiger partial charge on any atom is -0.322 e. The number of nitrogens with two attached hydrogens (primary N) is 1. The van der Waals surface area contributed by atoms with Gasteiger partial charge in [0.1, 0.15) is 0 Å². The highest BCUT2D eigenvalue weighted by molar-refractivity contribution is 5.30. The summed E-state index contributed by atoms with van der Waals surface area (Å²) in [5, 5.41) is 4.54.